The first-order valence-electron chi connectivity index (χ1n) is 10.6. The summed E-state index contributed by atoms with van der Waals surface area (Å²) in [7, 11) is 0. The molecule has 0 fully saturated rings. The Morgan fingerprint density at radius 2 is 1.81 bits per heavy atom. The van der Waals surface area contributed by atoms with Crippen molar-refractivity contribution in [1.29, 1.82) is 0 Å². The molecule has 0 unspecified atom stereocenters. The van der Waals surface area contributed by atoms with Gasteiger partial charge in [0.25, 0.3) is 5.91 Å². The van der Waals surface area contributed by atoms with Gasteiger partial charge in [-0.25, -0.2) is 4.98 Å². The Kier molecular flexibility index (Phi) is 6.66. The number of aromatic nitrogens is 1. The lowest BCUT2D eigenvalue weighted by Crippen LogP contribution is -2.20. The fourth-order valence-electron chi connectivity index (χ4n) is 3.38. The van der Waals surface area contributed by atoms with Crippen LogP contribution in [0, 0.1) is 6.92 Å². The van der Waals surface area contributed by atoms with Crippen LogP contribution in [0.2, 0.25) is 0 Å². The van der Waals surface area contributed by atoms with Crippen LogP contribution in [-0.4, -0.2) is 17.5 Å². The lowest BCUT2D eigenvalue weighted by atomic mass is 10.0. The van der Waals surface area contributed by atoms with Gasteiger partial charge in [-0.15, -0.1) is 11.3 Å². The van der Waals surface area contributed by atoms with Crippen molar-refractivity contribution in [3.63, 3.8) is 0 Å². The number of ether oxygens (including phenoxy) is 1. The first kappa shape index (κ1) is 21.8. The van der Waals surface area contributed by atoms with Gasteiger partial charge < -0.3 is 10.1 Å². The van der Waals surface area contributed by atoms with E-state index in [-0.39, 0.29) is 12.5 Å². The summed E-state index contributed by atoms with van der Waals surface area (Å²) in [5.74, 6) is 0.925. The number of hydrogen-bond donors (Lipinski definition) is 1. The molecule has 0 saturated heterocycles. The van der Waals surface area contributed by atoms with E-state index in [0.29, 0.717) is 11.7 Å². The Morgan fingerprint density at radius 1 is 1.03 bits per heavy atom. The van der Waals surface area contributed by atoms with Crippen molar-refractivity contribution in [2.45, 2.75) is 26.7 Å². The van der Waals surface area contributed by atoms with E-state index in [1.165, 1.54) is 11.1 Å². The Hall–Kier alpha value is -3.44. The van der Waals surface area contributed by atoms with Crippen molar-refractivity contribution < 1.29 is 9.53 Å². The van der Waals surface area contributed by atoms with Crippen LogP contribution in [0.25, 0.3) is 21.8 Å². The van der Waals surface area contributed by atoms with E-state index in [9.17, 15) is 4.79 Å². The van der Waals surface area contributed by atoms with Gasteiger partial charge >= 0.3 is 0 Å². The molecule has 0 aliphatic rings. The fraction of sp³-hybridized carbons (Fsp3) is 0.185. The van der Waals surface area contributed by atoms with Gasteiger partial charge in [0.1, 0.15) is 10.8 Å². The highest BCUT2D eigenvalue weighted by Gasteiger charge is 2.10. The summed E-state index contributed by atoms with van der Waals surface area (Å²) in [5, 5.41) is 5.96. The van der Waals surface area contributed by atoms with Gasteiger partial charge in [-0.05, 0) is 48.2 Å². The van der Waals surface area contributed by atoms with E-state index in [2.05, 4.69) is 49.7 Å². The van der Waals surface area contributed by atoms with E-state index in [4.69, 9.17) is 9.72 Å². The van der Waals surface area contributed by atoms with Crippen molar-refractivity contribution in [2.24, 2.45) is 0 Å². The highest BCUT2D eigenvalue weighted by atomic mass is 32.1. The number of amides is 1. The van der Waals surface area contributed by atoms with Crippen LogP contribution >= 0.6 is 11.3 Å². The van der Waals surface area contributed by atoms with Crippen LogP contribution in [0.3, 0.4) is 0 Å². The van der Waals surface area contributed by atoms with Gasteiger partial charge in [0.2, 0.25) is 0 Å². The smallest absolute Gasteiger partial charge is 0.262 e. The Bertz CT molecular complexity index is 1210. The summed E-state index contributed by atoms with van der Waals surface area (Å²) in [6, 6.07) is 23.8. The third kappa shape index (κ3) is 5.24. The topological polar surface area (TPSA) is 51.2 Å². The van der Waals surface area contributed by atoms with Crippen molar-refractivity contribution in [3.05, 3.63) is 89.3 Å². The third-order valence-corrected chi connectivity index (χ3v) is 6.11. The van der Waals surface area contributed by atoms with Gasteiger partial charge in [-0.3, -0.25) is 4.79 Å². The standard InChI is InChI=1S/C27H26N2O2S/c1-18(2)21-8-6-9-23(15-21)31-16-26(30)28-22-13-11-20(12-14-22)25-17-32-27(29-25)24-10-5-4-7-19(24)3/h4-15,17-18H,16H2,1-3H3,(H,28,30). The Labute approximate surface area is 192 Å². The molecule has 4 rings (SSSR count). The number of nitrogens with one attached hydrogen (secondary N) is 1. The van der Waals surface area contributed by atoms with Crippen molar-refractivity contribution >= 4 is 22.9 Å². The van der Waals surface area contributed by atoms with Crippen LogP contribution in [0.4, 0.5) is 5.69 Å². The molecule has 0 aliphatic heterocycles. The van der Waals surface area contributed by atoms with Gasteiger partial charge in [0.05, 0.1) is 5.69 Å². The molecule has 3 aromatic carbocycles. The maximum Gasteiger partial charge on any atom is 0.262 e. The van der Waals surface area contributed by atoms with Crippen LogP contribution in [-0.2, 0) is 4.79 Å². The maximum atomic E-state index is 12.3. The first-order valence-corrected chi connectivity index (χ1v) is 11.5. The van der Waals surface area contributed by atoms with Crippen molar-refractivity contribution in [3.8, 4) is 27.6 Å². The molecule has 4 nitrogen and oxygen atoms in total. The minimum atomic E-state index is -0.191. The molecular weight excluding hydrogens is 416 g/mol. The number of hydrogen-bond acceptors (Lipinski definition) is 4. The average molecular weight is 443 g/mol. The zero-order chi connectivity index (χ0) is 22.5. The Balaban J connectivity index is 1.36. The molecule has 1 aromatic heterocycles. The average Bonchev–Trinajstić information content (AvgIpc) is 3.29. The number of aryl methyl sites for hydroxylation is 1. The molecule has 1 heterocycles. The fourth-order valence-corrected chi connectivity index (χ4v) is 4.30. The minimum Gasteiger partial charge on any atom is -0.484 e. The summed E-state index contributed by atoms with van der Waals surface area (Å²) in [4.78, 5) is 17.1. The first-order chi connectivity index (χ1) is 15.5. The number of thiazole rings is 1. The normalized spacial score (nSPS) is 10.9. The van der Waals surface area contributed by atoms with E-state index >= 15 is 0 Å². The summed E-state index contributed by atoms with van der Waals surface area (Å²) < 4.78 is 5.66. The zero-order valence-corrected chi connectivity index (χ0v) is 19.3. The van der Waals surface area contributed by atoms with Gasteiger partial charge in [-0.2, -0.15) is 0 Å². The van der Waals surface area contributed by atoms with Crippen LogP contribution in [0.15, 0.2) is 78.2 Å². The lowest BCUT2D eigenvalue weighted by Gasteiger charge is -2.10. The number of benzene rings is 3. The molecule has 32 heavy (non-hydrogen) atoms. The summed E-state index contributed by atoms with van der Waals surface area (Å²) >= 11 is 1.64. The second kappa shape index (κ2) is 9.79. The van der Waals surface area contributed by atoms with E-state index < -0.39 is 0 Å². The van der Waals surface area contributed by atoms with Gasteiger partial charge in [0, 0.05) is 22.2 Å². The monoisotopic (exact) mass is 442 g/mol. The van der Waals surface area contributed by atoms with Crippen molar-refractivity contribution in [1.82, 2.24) is 4.98 Å². The van der Waals surface area contributed by atoms with E-state index in [0.717, 1.165) is 27.5 Å². The summed E-state index contributed by atoms with van der Waals surface area (Å²) in [6.07, 6.45) is 0. The van der Waals surface area contributed by atoms with Gasteiger partial charge in [0.15, 0.2) is 6.61 Å². The molecule has 0 atom stereocenters. The summed E-state index contributed by atoms with van der Waals surface area (Å²) in [6.45, 7) is 6.32. The maximum absolute atomic E-state index is 12.3. The second-order valence-corrected chi connectivity index (χ2v) is 8.85. The molecule has 0 radical (unpaired) electrons. The number of nitrogens with zero attached hydrogens (tertiary/aromatic N) is 1. The Morgan fingerprint density at radius 3 is 2.56 bits per heavy atom. The van der Waals surface area contributed by atoms with E-state index in [1.807, 2.05) is 54.6 Å². The molecule has 0 spiro atoms. The minimum absolute atomic E-state index is 0.0326. The SMILES string of the molecule is Cc1ccccc1-c1nc(-c2ccc(NC(=O)COc3cccc(C(C)C)c3)cc2)cs1. The van der Waals surface area contributed by atoms with Crippen molar-refractivity contribution in [2.75, 3.05) is 11.9 Å². The van der Waals surface area contributed by atoms with Gasteiger partial charge in [-0.1, -0.05) is 62.4 Å². The molecule has 4 aromatic rings. The molecule has 162 valence electrons. The second-order valence-electron chi connectivity index (χ2n) is 7.99. The molecule has 0 bridgehead atoms. The molecule has 1 N–H and O–H groups in total. The number of carbonyl (C=O) groups is 1. The van der Waals surface area contributed by atoms with E-state index in [1.54, 1.807) is 11.3 Å². The highest BCUT2D eigenvalue weighted by Crippen LogP contribution is 2.31. The molecule has 5 heteroatoms. The number of carbonyl (C=O) groups excluding carboxylic acids is 1. The predicted molar refractivity (Wildman–Crippen MR) is 132 cm³/mol. The van der Waals surface area contributed by atoms with Crippen LogP contribution in [0.5, 0.6) is 5.75 Å². The third-order valence-electron chi connectivity index (χ3n) is 5.24. The lowest BCUT2D eigenvalue weighted by molar-refractivity contribution is -0.118. The largest absolute Gasteiger partial charge is 0.484 e. The summed E-state index contributed by atoms with van der Waals surface area (Å²) in [5.41, 5.74) is 6.23. The molecular formula is C27H26N2O2S. The molecule has 0 saturated carbocycles. The zero-order valence-electron chi connectivity index (χ0n) is 18.5. The van der Waals surface area contributed by atoms with Crippen LogP contribution < -0.4 is 10.1 Å². The quantitative estimate of drug-likeness (QED) is 0.338. The number of anilines is 1. The predicted octanol–water partition coefficient (Wildman–Crippen LogP) is 6.93. The van der Waals surface area contributed by atoms with Crippen LogP contribution in [0.1, 0.15) is 30.9 Å². The molecule has 1 amide bonds. The number of rotatable bonds is 7. The highest BCUT2D eigenvalue weighted by molar-refractivity contribution is 7.13. The molecule has 0 aliphatic carbocycles.